The second-order valence-corrected chi connectivity index (χ2v) is 3.89. The molecule has 3 rings (SSSR count). The molecule has 0 fully saturated rings. The first kappa shape index (κ1) is 11.2. The number of pyridine rings is 1. The largest absolute Gasteiger partial charge is 0.410 e. The zero-order chi connectivity index (χ0) is 13.2. The number of nitrogens with zero attached hydrogens (tertiary/aromatic N) is 3. The van der Waals surface area contributed by atoms with Crippen molar-refractivity contribution >= 4 is 11.7 Å². The molecule has 0 saturated carbocycles. The Morgan fingerprint density at radius 2 is 2.00 bits per heavy atom. The predicted octanol–water partition coefficient (Wildman–Crippen LogP) is 1.85. The third-order valence-corrected chi connectivity index (χ3v) is 2.56. The van der Waals surface area contributed by atoms with Crippen molar-refractivity contribution in [2.75, 3.05) is 0 Å². The molecular weight excluding hydrogens is 244 g/mol. The SMILES string of the molecule is NC(=O)Oc1ccn2nc(-c3ccccc3)nc2c1. The topological polar surface area (TPSA) is 82.5 Å². The summed E-state index contributed by atoms with van der Waals surface area (Å²) in [5.74, 6) is 0.948. The minimum absolute atomic E-state index is 0.340. The van der Waals surface area contributed by atoms with E-state index >= 15 is 0 Å². The lowest BCUT2D eigenvalue weighted by molar-refractivity contribution is 0.211. The third-order valence-electron chi connectivity index (χ3n) is 2.56. The molecular formula is C13H10N4O2. The molecule has 2 N–H and O–H groups in total. The summed E-state index contributed by atoms with van der Waals surface area (Å²) in [7, 11) is 0. The Morgan fingerprint density at radius 1 is 1.21 bits per heavy atom. The summed E-state index contributed by atoms with van der Waals surface area (Å²) in [4.78, 5) is 15.1. The number of carbonyl (C=O) groups is 1. The van der Waals surface area contributed by atoms with Gasteiger partial charge < -0.3 is 10.5 Å². The van der Waals surface area contributed by atoms with Gasteiger partial charge in [-0.2, -0.15) is 0 Å². The van der Waals surface area contributed by atoms with Gasteiger partial charge in [0.2, 0.25) is 0 Å². The van der Waals surface area contributed by atoms with E-state index < -0.39 is 6.09 Å². The minimum atomic E-state index is -0.854. The number of carbonyl (C=O) groups excluding carboxylic acids is 1. The normalized spacial score (nSPS) is 10.5. The number of fused-ring (bicyclic) bond motifs is 1. The quantitative estimate of drug-likeness (QED) is 0.756. The molecule has 3 aromatic rings. The second kappa shape index (κ2) is 4.41. The number of rotatable bonds is 2. The highest BCUT2D eigenvalue weighted by atomic mass is 16.5. The van der Waals surface area contributed by atoms with Crippen LogP contribution >= 0.6 is 0 Å². The van der Waals surface area contributed by atoms with Gasteiger partial charge >= 0.3 is 6.09 Å². The molecule has 0 aliphatic heterocycles. The Morgan fingerprint density at radius 3 is 2.74 bits per heavy atom. The lowest BCUT2D eigenvalue weighted by atomic mass is 10.2. The molecule has 1 amide bonds. The zero-order valence-corrected chi connectivity index (χ0v) is 9.85. The summed E-state index contributed by atoms with van der Waals surface area (Å²) in [5.41, 5.74) is 6.46. The fraction of sp³-hybridized carbons (Fsp3) is 0. The van der Waals surface area contributed by atoms with Gasteiger partial charge in [0.05, 0.1) is 0 Å². The number of primary amides is 1. The standard InChI is InChI=1S/C13H10N4O2/c14-13(18)19-10-6-7-17-11(8-10)15-12(16-17)9-4-2-1-3-5-9/h1-8H,(H2,14,18). The van der Waals surface area contributed by atoms with Crippen LogP contribution in [-0.2, 0) is 0 Å². The molecule has 94 valence electrons. The number of hydrogen-bond donors (Lipinski definition) is 1. The van der Waals surface area contributed by atoms with Gasteiger partial charge in [0.15, 0.2) is 11.5 Å². The van der Waals surface area contributed by atoms with E-state index in [4.69, 9.17) is 10.5 Å². The first-order valence-electron chi connectivity index (χ1n) is 5.61. The average Bonchev–Trinajstić information content (AvgIpc) is 2.82. The lowest BCUT2D eigenvalue weighted by Crippen LogP contribution is -2.16. The van der Waals surface area contributed by atoms with Crippen molar-refractivity contribution < 1.29 is 9.53 Å². The van der Waals surface area contributed by atoms with Crippen molar-refractivity contribution in [2.45, 2.75) is 0 Å². The van der Waals surface area contributed by atoms with Gasteiger partial charge in [-0.3, -0.25) is 0 Å². The fourth-order valence-electron chi connectivity index (χ4n) is 1.75. The zero-order valence-electron chi connectivity index (χ0n) is 9.85. The van der Waals surface area contributed by atoms with Crippen LogP contribution < -0.4 is 10.5 Å². The molecule has 6 heteroatoms. The molecule has 0 saturated heterocycles. The van der Waals surface area contributed by atoms with E-state index in [1.807, 2.05) is 30.3 Å². The van der Waals surface area contributed by atoms with Crippen LogP contribution in [0.5, 0.6) is 5.75 Å². The predicted molar refractivity (Wildman–Crippen MR) is 68.6 cm³/mol. The van der Waals surface area contributed by atoms with Gasteiger partial charge in [0.25, 0.3) is 0 Å². The summed E-state index contributed by atoms with van der Waals surface area (Å²) in [5, 5.41) is 4.34. The van der Waals surface area contributed by atoms with Crippen LogP contribution in [0, 0.1) is 0 Å². The van der Waals surface area contributed by atoms with Crippen LogP contribution in [0.1, 0.15) is 0 Å². The number of ether oxygens (including phenoxy) is 1. The highest BCUT2D eigenvalue weighted by Crippen LogP contribution is 2.18. The van der Waals surface area contributed by atoms with Crippen molar-refractivity contribution in [2.24, 2.45) is 5.73 Å². The summed E-state index contributed by atoms with van der Waals surface area (Å²) >= 11 is 0. The van der Waals surface area contributed by atoms with E-state index in [1.54, 1.807) is 22.8 Å². The van der Waals surface area contributed by atoms with E-state index in [2.05, 4.69) is 10.1 Å². The van der Waals surface area contributed by atoms with Crippen molar-refractivity contribution in [3.8, 4) is 17.1 Å². The van der Waals surface area contributed by atoms with Gasteiger partial charge in [-0.05, 0) is 6.07 Å². The Hall–Kier alpha value is -2.89. The Labute approximate surface area is 108 Å². The number of aromatic nitrogens is 3. The molecule has 0 radical (unpaired) electrons. The van der Waals surface area contributed by atoms with E-state index in [9.17, 15) is 4.79 Å². The summed E-state index contributed by atoms with van der Waals surface area (Å²) in [6.07, 6.45) is 0.805. The van der Waals surface area contributed by atoms with Gasteiger partial charge in [-0.1, -0.05) is 30.3 Å². The van der Waals surface area contributed by atoms with Crippen LogP contribution in [0.15, 0.2) is 48.7 Å². The molecule has 0 bridgehead atoms. The van der Waals surface area contributed by atoms with E-state index in [1.165, 1.54) is 0 Å². The van der Waals surface area contributed by atoms with E-state index in [-0.39, 0.29) is 0 Å². The number of benzene rings is 1. The van der Waals surface area contributed by atoms with Crippen molar-refractivity contribution in [3.63, 3.8) is 0 Å². The Kier molecular flexibility index (Phi) is 2.60. The summed E-state index contributed by atoms with van der Waals surface area (Å²) in [6, 6.07) is 12.8. The van der Waals surface area contributed by atoms with Gasteiger partial charge in [0, 0.05) is 17.8 Å². The number of amides is 1. The van der Waals surface area contributed by atoms with Crippen molar-refractivity contribution in [1.29, 1.82) is 0 Å². The summed E-state index contributed by atoms with van der Waals surface area (Å²) < 4.78 is 6.40. The van der Waals surface area contributed by atoms with Gasteiger partial charge in [-0.15, -0.1) is 5.10 Å². The first-order chi connectivity index (χ1) is 9.22. The number of hydrogen-bond acceptors (Lipinski definition) is 4. The molecule has 2 aromatic heterocycles. The molecule has 1 aromatic carbocycles. The highest BCUT2D eigenvalue weighted by Gasteiger charge is 2.07. The smallest absolute Gasteiger partial charge is 0.409 e. The monoisotopic (exact) mass is 254 g/mol. The van der Waals surface area contributed by atoms with Crippen LogP contribution in [0.25, 0.3) is 17.0 Å². The van der Waals surface area contributed by atoms with Crippen molar-refractivity contribution in [3.05, 3.63) is 48.7 Å². The Bertz CT molecular complexity index is 737. The highest BCUT2D eigenvalue weighted by molar-refractivity contribution is 5.68. The number of nitrogens with two attached hydrogens (primary N) is 1. The molecule has 0 aliphatic carbocycles. The molecule has 0 atom stereocenters. The third kappa shape index (κ3) is 2.23. The minimum Gasteiger partial charge on any atom is -0.410 e. The van der Waals surface area contributed by atoms with Gasteiger partial charge in [0.1, 0.15) is 5.75 Å². The maximum absolute atomic E-state index is 10.7. The lowest BCUT2D eigenvalue weighted by Gasteiger charge is -1.99. The molecule has 0 aliphatic rings. The maximum Gasteiger partial charge on any atom is 0.409 e. The molecule has 0 unspecified atom stereocenters. The Balaban J connectivity index is 2.04. The van der Waals surface area contributed by atoms with Crippen molar-refractivity contribution in [1.82, 2.24) is 14.6 Å². The van der Waals surface area contributed by atoms with Gasteiger partial charge in [-0.25, -0.2) is 14.3 Å². The summed E-state index contributed by atoms with van der Waals surface area (Å²) in [6.45, 7) is 0. The first-order valence-corrected chi connectivity index (χ1v) is 5.61. The molecule has 0 spiro atoms. The maximum atomic E-state index is 10.7. The second-order valence-electron chi connectivity index (χ2n) is 3.89. The van der Waals surface area contributed by atoms with Crippen LogP contribution in [-0.4, -0.2) is 20.7 Å². The fourth-order valence-corrected chi connectivity index (χ4v) is 1.75. The molecule has 2 heterocycles. The van der Waals surface area contributed by atoms with Crippen LogP contribution in [0.2, 0.25) is 0 Å². The van der Waals surface area contributed by atoms with E-state index in [0.29, 0.717) is 17.2 Å². The van der Waals surface area contributed by atoms with Crippen LogP contribution in [0.4, 0.5) is 4.79 Å². The molecule has 6 nitrogen and oxygen atoms in total. The van der Waals surface area contributed by atoms with E-state index in [0.717, 1.165) is 5.56 Å². The average molecular weight is 254 g/mol. The van der Waals surface area contributed by atoms with Crippen LogP contribution in [0.3, 0.4) is 0 Å². The molecule has 19 heavy (non-hydrogen) atoms.